The van der Waals surface area contributed by atoms with Crippen LogP contribution >= 0.6 is 0 Å². The second-order valence-electron chi connectivity index (χ2n) is 6.43. The lowest BCUT2D eigenvalue weighted by molar-refractivity contribution is 0.0537. The summed E-state index contributed by atoms with van der Waals surface area (Å²) in [6.45, 7) is 5.12. The number of likely N-dealkylation sites (tertiary alicyclic amines) is 1. The minimum absolute atomic E-state index is 0.00994. The Morgan fingerprint density at radius 2 is 1.96 bits per heavy atom. The highest BCUT2D eigenvalue weighted by atomic mass is 19.1. The van der Waals surface area contributed by atoms with E-state index in [4.69, 9.17) is 0 Å². The maximum absolute atomic E-state index is 13.0. The molecule has 0 N–H and O–H groups in total. The van der Waals surface area contributed by atoms with Gasteiger partial charge in [-0.15, -0.1) is 0 Å². The number of halogens is 1. The van der Waals surface area contributed by atoms with Crippen molar-refractivity contribution in [3.05, 3.63) is 48.0 Å². The van der Waals surface area contributed by atoms with Crippen molar-refractivity contribution in [3.8, 4) is 5.69 Å². The van der Waals surface area contributed by atoms with E-state index >= 15 is 0 Å². The second kappa shape index (κ2) is 6.52. The Morgan fingerprint density at radius 3 is 2.65 bits per heavy atom. The van der Waals surface area contributed by atoms with Gasteiger partial charge in [0.15, 0.2) is 5.69 Å². The number of amides is 1. The highest BCUT2D eigenvalue weighted by Gasteiger charge is 2.30. The summed E-state index contributed by atoms with van der Waals surface area (Å²) in [4.78, 5) is 14.8. The van der Waals surface area contributed by atoms with E-state index in [1.54, 1.807) is 29.1 Å². The number of rotatable bonds is 3. The lowest BCUT2D eigenvalue weighted by Crippen LogP contribution is -2.46. The van der Waals surface area contributed by atoms with Crippen molar-refractivity contribution in [2.75, 3.05) is 6.54 Å². The van der Waals surface area contributed by atoms with Gasteiger partial charge >= 0.3 is 0 Å². The monoisotopic (exact) mass is 315 g/mol. The standard InChI is InChI=1S/C18H22FN3O/c1-13(2)17-5-3-4-11-21(17)18(23)16-10-12-22(20-16)15-8-6-14(19)7-9-15/h6-10,12-13,17H,3-5,11H2,1-2H3. The van der Waals surface area contributed by atoms with Crippen LogP contribution in [0.1, 0.15) is 43.6 Å². The molecule has 23 heavy (non-hydrogen) atoms. The molecule has 0 saturated carbocycles. The third kappa shape index (κ3) is 3.28. The number of aromatic nitrogens is 2. The average Bonchev–Trinajstić information content (AvgIpc) is 3.04. The molecule has 1 fully saturated rings. The van der Waals surface area contributed by atoms with Crippen molar-refractivity contribution in [1.82, 2.24) is 14.7 Å². The summed E-state index contributed by atoms with van der Waals surface area (Å²) in [5.74, 6) is 0.146. The highest BCUT2D eigenvalue weighted by molar-refractivity contribution is 5.92. The molecular formula is C18H22FN3O. The third-order valence-electron chi connectivity index (χ3n) is 4.48. The minimum atomic E-state index is -0.287. The predicted octanol–water partition coefficient (Wildman–Crippen LogP) is 3.66. The van der Waals surface area contributed by atoms with Crippen LogP contribution in [0.5, 0.6) is 0 Å². The molecule has 1 aliphatic rings. The van der Waals surface area contributed by atoms with E-state index in [1.165, 1.54) is 18.6 Å². The molecule has 3 rings (SSSR count). The highest BCUT2D eigenvalue weighted by Crippen LogP contribution is 2.24. The summed E-state index contributed by atoms with van der Waals surface area (Å²) in [6, 6.07) is 8.09. The number of carbonyl (C=O) groups excluding carboxylic acids is 1. The van der Waals surface area contributed by atoms with Gasteiger partial charge in [-0.25, -0.2) is 9.07 Å². The molecule has 1 aromatic heterocycles. The molecule has 0 radical (unpaired) electrons. The first-order chi connectivity index (χ1) is 11.1. The maximum Gasteiger partial charge on any atom is 0.274 e. The number of nitrogens with zero attached hydrogens (tertiary/aromatic N) is 3. The van der Waals surface area contributed by atoms with Crippen LogP contribution in [0, 0.1) is 11.7 Å². The van der Waals surface area contributed by atoms with E-state index in [9.17, 15) is 9.18 Å². The summed E-state index contributed by atoms with van der Waals surface area (Å²) in [7, 11) is 0. The summed E-state index contributed by atoms with van der Waals surface area (Å²) in [6.07, 6.45) is 5.03. The zero-order valence-electron chi connectivity index (χ0n) is 13.6. The van der Waals surface area contributed by atoms with Gasteiger partial charge in [0.2, 0.25) is 0 Å². The van der Waals surface area contributed by atoms with Crippen LogP contribution in [0.3, 0.4) is 0 Å². The van der Waals surface area contributed by atoms with Crippen LogP contribution in [0.4, 0.5) is 4.39 Å². The number of hydrogen-bond donors (Lipinski definition) is 0. The van der Waals surface area contributed by atoms with Crippen LogP contribution in [0.25, 0.3) is 5.69 Å². The Hall–Kier alpha value is -2.17. The van der Waals surface area contributed by atoms with Crippen molar-refractivity contribution >= 4 is 5.91 Å². The van der Waals surface area contributed by atoms with Crippen molar-refractivity contribution in [1.29, 1.82) is 0 Å². The lowest BCUT2D eigenvalue weighted by atomic mass is 9.92. The fourth-order valence-electron chi connectivity index (χ4n) is 3.23. The Labute approximate surface area is 135 Å². The van der Waals surface area contributed by atoms with Crippen molar-refractivity contribution in [3.63, 3.8) is 0 Å². The van der Waals surface area contributed by atoms with Crippen LogP contribution < -0.4 is 0 Å². The van der Waals surface area contributed by atoms with Gasteiger partial charge in [0.1, 0.15) is 5.82 Å². The summed E-state index contributed by atoms with van der Waals surface area (Å²) in [5, 5.41) is 4.38. The number of hydrogen-bond acceptors (Lipinski definition) is 2. The zero-order chi connectivity index (χ0) is 16.4. The minimum Gasteiger partial charge on any atom is -0.334 e. The largest absolute Gasteiger partial charge is 0.334 e. The van der Waals surface area contributed by atoms with Gasteiger partial charge in [0, 0.05) is 18.8 Å². The van der Waals surface area contributed by atoms with Gasteiger partial charge in [0.05, 0.1) is 5.69 Å². The molecule has 2 aromatic rings. The van der Waals surface area contributed by atoms with Crippen molar-refractivity contribution in [2.45, 2.75) is 39.2 Å². The van der Waals surface area contributed by atoms with E-state index in [0.717, 1.165) is 25.1 Å². The normalized spacial score (nSPS) is 18.4. The van der Waals surface area contributed by atoms with Crippen molar-refractivity contribution in [2.24, 2.45) is 5.92 Å². The van der Waals surface area contributed by atoms with Crippen molar-refractivity contribution < 1.29 is 9.18 Å². The molecule has 5 heteroatoms. The van der Waals surface area contributed by atoms with E-state index in [0.29, 0.717) is 11.6 Å². The Kier molecular flexibility index (Phi) is 4.46. The van der Waals surface area contributed by atoms with Gasteiger partial charge in [0.25, 0.3) is 5.91 Å². The van der Waals surface area contributed by atoms with E-state index in [2.05, 4.69) is 18.9 Å². The fourth-order valence-corrected chi connectivity index (χ4v) is 3.23. The third-order valence-corrected chi connectivity index (χ3v) is 4.48. The van der Waals surface area contributed by atoms with Crippen LogP contribution in [0.2, 0.25) is 0 Å². The maximum atomic E-state index is 13.0. The summed E-state index contributed by atoms with van der Waals surface area (Å²) >= 11 is 0. The Bertz CT molecular complexity index is 678. The van der Waals surface area contributed by atoms with Gasteiger partial charge in [-0.05, 0) is 55.5 Å². The first kappa shape index (κ1) is 15.7. The molecule has 1 atom stereocenters. The van der Waals surface area contributed by atoms with E-state index in [-0.39, 0.29) is 17.8 Å². The summed E-state index contributed by atoms with van der Waals surface area (Å²) in [5.41, 5.74) is 1.19. The average molecular weight is 315 g/mol. The predicted molar refractivity (Wildman–Crippen MR) is 87.0 cm³/mol. The fraction of sp³-hybridized carbons (Fsp3) is 0.444. The quantitative estimate of drug-likeness (QED) is 0.867. The zero-order valence-corrected chi connectivity index (χ0v) is 13.6. The smallest absolute Gasteiger partial charge is 0.274 e. The van der Waals surface area contributed by atoms with E-state index in [1.807, 2.05) is 4.90 Å². The van der Waals surface area contributed by atoms with E-state index < -0.39 is 0 Å². The number of piperidine rings is 1. The summed E-state index contributed by atoms with van der Waals surface area (Å²) < 4.78 is 14.6. The Morgan fingerprint density at radius 1 is 1.22 bits per heavy atom. The molecule has 0 bridgehead atoms. The first-order valence-electron chi connectivity index (χ1n) is 8.19. The lowest BCUT2D eigenvalue weighted by Gasteiger charge is -2.37. The second-order valence-corrected chi connectivity index (χ2v) is 6.43. The molecule has 0 spiro atoms. The molecule has 4 nitrogen and oxygen atoms in total. The molecule has 1 unspecified atom stereocenters. The van der Waals surface area contributed by atoms with Crippen LogP contribution in [-0.4, -0.2) is 33.2 Å². The molecular weight excluding hydrogens is 293 g/mol. The molecule has 1 aromatic carbocycles. The number of benzene rings is 1. The molecule has 1 saturated heterocycles. The number of carbonyl (C=O) groups is 1. The van der Waals surface area contributed by atoms with Gasteiger partial charge in [-0.1, -0.05) is 13.8 Å². The Balaban J connectivity index is 1.81. The molecule has 2 heterocycles. The van der Waals surface area contributed by atoms with Gasteiger partial charge < -0.3 is 4.90 Å². The van der Waals surface area contributed by atoms with Crippen LogP contribution in [-0.2, 0) is 0 Å². The molecule has 0 aliphatic carbocycles. The topological polar surface area (TPSA) is 38.1 Å². The SMILES string of the molecule is CC(C)C1CCCCN1C(=O)c1ccn(-c2ccc(F)cc2)n1. The first-order valence-corrected chi connectivity index (χ1v) is 8.19. The molecule has 1 aliphatic heterocycles. The van der Waals surface area contributed by atoms with Crippen LogP contribution in [0.15, 0.2) is 36.5 Å². The molecule has 122 valence electrons. The molecule has 1 amide bonds. The van der Waals surface area contributed by atoms with Gasteiger partial charge in [-0.2, -0.15) is 5.10 Å². The van der Waals surface area contributed by atoms with Gasteiger partial charge in [-0.3, -0.25) is 4.79 Å².